The molecular formula is C12H13FO4. The van der Waals surface area contributed by atoms with Crippen molar-refractivity contribution in [3.63, 3.8) is 0 Å². The number of hydrogen-bond acceptors (Lipinski definition) is 3. The van der Waals surface area contributed by atoms with Crippen molar-refractivity contribution >= 4 is 5.97 Å². The summed E-state index contributed by atoms with van der Waals surface area (Å²) in [6, 6.07) is 3.76. The Labute approximate surface area is 98.0 Å². The molecule has 17 heavy (non-hydrogen) atoms. The zero-order valence-electron chi connectivity index (χ0n) is 9.19. The van der Waals surface area contributed by atoms with Crippen LogP contribution in [0.25, 0.3) is 0 Å². The Bertz CT molecular complexity index is 413. The van der Waals surface area contributed by atoms with Crippen molar-refractivity contribution in [2.24, 2.45) is 5.92 Å². The Morgan fingerprint density at radius 1 is 1.59 bits per heavy atom. The summed E-state index contributed by atoms with van der Waals surface area (Å²) in [4.78, 5) is 10.6. The fraction of sp³-hybridized carbons (Fsp3) is 0.417. The molecule has 4 nitrogen and oxygen atoms in total. The van der Waals surface area contributed by atoms with Crippen LogP contribution in [0.15, 0.2) is 18.2 Å². The first kappa shape index (κ1) is 11.9. The highest BCUT2D eigenvalue weighted by molar-refractivity contribution is 5.88. The van der Waals surface area contributed by atoms with Gasteiger partial charge in [0.15, 0.2) is 0 Å². The van der Waals surface area contributed by atoms with Crippen molar-refractivity contribution in [3.05, 3.63) is 29.6 Å². The van der Waals surface area contributed by atoms with Gasteiger partial charge in [-0.2, -0.15) is 0 Å². The summed E-state index contributed by atoms with van der Waals surface area (Å²) in [5, 5.41) is 8.66. The number of rotatable bonds is 4. The van der Waals surface area contributed by atoms with Crippen LogP contribution in [0, 0.1) is 11.7 Å². The molecule has 1 N–H and O–H groups in total. The van der Waals surface area contributed by atoms with Gasteiger partial charge in [-0.05, 0) is 18.6 Å². The standard InChI is InChI=1S/C12H13FO4/c13-11-5-9(1-2-10(11)12(14)15)17-7-8-3-4-16-6-8/h1-2,5,8H,3-4,6-7H2,(H,14,15). The molecule has 0 saturated carbocycles. The van der Waals surface area contributed by atoms with Gasteiger partial charge >= 0.3 is 5.97 Å². The average Bonchev–Trinajstić information content (AvgIpc) is 2.78. The highest BCUT2D eigenvalue weighted by Crippen LogP contribution is 2.19. The number of halogens is 1. The van der Waals surface area contributed by atoms with Crippen LogP contribution in [-0.4, -0.2) is 30.9 Å². The van der Waals surface area contributed by atoms with Crippen LogP contribution in [0.2, 0.25) is 0 Å². The molecule has 92 valence electrons. The molecule has 5 heteroatoms. The third-order valence-electron chi connectivity index (χ3n) is 2.68. The van der Waals surface area contributed by atoms with Crippen molar-refractivity contribution in [1.29, 1.82) is 0 Å². The topological polar surface area (TPSA) is 55.8 Å². The molecule has 1 aliphatic heterocycles. The molecule has 1 aromatic carbocycles. The first-order chi connectivity index (χ1) is 8.16. The lowest BCUT2D eigenvalue weighted by Gasteiger charge is -2.10. The maximum Gasteiger partial charge on any atom is 0.338 e. The molecular weight excluding hydrogens is 227 g/mol. The average molecular weight is 240 g/mol. The van der Waals surface area contributed by atoms with E-state index in [1.807, 2.05) is 0 Å². The second kappa shape index (κ2) is 5.14. The van der Waals surface area contributed by atoms with Crippen molar-refractivity contribution in [1.82, 2.24) is 0 Å². The van der Waals surface area contributed by atoms with Crippen LogP contribution >= 0.6 is 0 Å². The molecule has 0 radical (unpaired) electrons. The van der Waals surface area contributed by atoms with Gasteiger partial charge in [-0.15, -0.1) is 0 Å². The SMILES string of the molecule is O=C(O)c1ccc(OCC2CCOC2)cc1F. The third kappa shape index (κ3) is 2.94. The van der Waals surface area contributed by atoms with Gasteiger partial charge in [-0.25, -0.2) is 9.18 Å². The lowest BCUT2D eigenvalue weighted by atomic mass is 10.1. The Balaban J connectivity index is 1.97. The summed E-state index contributed by atoms with van der Waals surface area (Å²) < 4.78 is 23.9. The maximum absolute atomic E-state index is 13.3. The van der Waals surface area contributed by atoms with Crippen LogP contribution in [0.3, 0.4) is 0 Å². The van der Waals surface area contributed by atoms with Crippen LogP contribution < -0.4 is 4.74 Å². The van der Waals surface area contributed by atoms with E-state index in [0.29, 0.717) is 24.9 Å². The highest BCUT2D eigenvalue weighted by Gasteiger charge is 2.17. The normalized spacial score (nSPS) is 19.2. The highest BCUT2D eigenvalue weighted by atomic mass is 19.1. The number of carboxylic acid groups (broad SMARTS) is 1. The van der Waals surface area contributed by atoms with E-state index in [1.165, 1.54) is 12.1 Å². The first-order valence-electron chi connectivity index (χ1n) is 5.40. The van der Waals surface area contributed by atoms with Crippen LogP contribution in [0.5, 0.6) is 5.75 Å². The molecule has 1 unspecified atom stereocenters. The number of ether oxygens (including phenoxy) is 2. The molecule has 2 rings (SSSR count). The van der Waals surface area contributed by atoms with Gasteiger partial charge in [-0.1, -0.05) is 0 Å². The zero-order chi connectivity index (χ0) is 12.3. The minimum atomic E-state index is -1.28. The molecule has 0 aromatic heterocycles. The molecule has 1 aromatic rings. The van der Waals surface area contributed by atoms with E-state index < -0.39 is 11.8 Å². The third-order valence-corrected chi connectivity index (χ3v) is 2.68. The summed E-state index contributed by atoms with van der Waals surface area (Å²) in [5.74, 6) is -1.38. The van der Waals surface area contributed by atoms with Gasteiger partial charge in [-0.3, -0.25) is 0 Å². The van der Waals surface area contributed by atoms with E-state index >= 15 is 0 Å². The summed E-state index contributed by atoms with van der Waals surface area (Å²) in [6.45, 7) is 1.86. The largest absolute Gasteiger partial charge is 0.493 e. The van der Waals surface area contributed by atoms with Crippen molar-refractivity contribution in [3.8, 4) is 5.75 Å². The second-order valence-electron chi connectivity index (χ2n) is 3.99. The van der Waals surface area contributed by atoms with Crippen molar-refractivity contribution in [2.75, 3.05) is 19.8 Å². The van der Waals surface area contributed by atoms with Gasteiger partial charge in [0.25, 0.3) is 0 Å². The smallest absolute Gasteiger partial charge is 0.338 e. The first-order valence-corrected chi connectivity index (χ1v) is 5.40. The molecule has 0 spiro atoms. The lowest BCUT2D eigenvalue weighted by molar-refractivity contribution is 0.0692. The Morgan fingerprint density at radius 2 is 2.41 bits per heavy atom. The molecule has 0 amide bonds. The summed E-state index contributed by atoms with van der Waals surface area (Å²) >= 11 is 0. The van der Waals surface area contributed by atoms with Crippen molar-refractivity contribution in [2.45, 2.75) is 6.42 Å². The monoisotopic (exact) mass is 240 g/mol. The maximum atomic E-state index is 13.3. The van der Waals surface area contributed by atoms with Gasteiger partial charge in [0, 0.05) is 18.6 Å². The van der Waals surface area contributed by atoms with Gasteiger partial charge < -0.3 is 14.6 Å². The predicted octanol–water partition coefficient (Wildman–Crippen LogP) is 1.94. The van der Waals surface area contributed by atoms with Gasteiger partial charge in [0.1, 0.15) is 11.6 Å². The molecule has 1 aliphatic rings. The molecule has 0 bridgehead atoms. The van der Waals surface area contributed by atoms with E-state index in [9.17, 15) is 9.18 Å². The fourth-order valence-corrected chi connectivity index (χ4v) is 1.69. The van der Waals surface area contributed by atoms with E-state index in [-0.39, 0.29) is 5.56 Å². The molecule has 1 saturated heterocycles. The number of benzene rings is 1. The molecule has 1 fully saturated rings. The lowest BCUT2D eigenvalue weighted by Crippen LogP contribution is -2.12. The summed E-state index contributed by atoms with van der Waals surface area (Å²) in [6.07, 6.45) is 0.940. The second-order valence-corrected chi connectivity index (χ2v) is 3.99. The van der Waals surface area contributed by atoms with E-state index in [4.69, 9.17) is 14.6 Å². The molecule has 0 aliphatic carbocycles. The quantitative estimate of drug-likeness (QED) is 0.873. The van der Waals surface area contributed by atoms with E-state index in [2.05, 4.69) is 0 Å². The fourth-order valence-electron chi connectivity index (χ4n) is 1.69. The molecule has 1 heterocycles. The number of hydrogen-bond donors (Lipinski definition) is 1. The minimum absolute atomic E-state index is 0.331. The number of aromatic carboxylic acids is 1. The summed E-state index contributed by atoms with van der Waals surface area (Å²) in [7, 11) is 0. The van der Waals surface area contributed by atoms with E-state index in [1.54, 1.807) is 0 Å². The van der Waals surface area contributed by atoms with Crippen LogP contribution in [0.4, 0.5) is 4.39 Å². The number of carbonyl (C=O) groups is 1. The van der Waals surface area contributed by atoms with Crippen LogP contribution in [0.1, 0.15) is 16.8 Å². The zero-order valence-corrected chi connectivity index (χ0v) is 9.19. The summed E-state index contributed by atoms with van der Waals surface area (Å²) in [5.41, 5.74) is -0.346. The Hall–Kier alpha value is -1.62. The predicted molar refractivity (Wildman–Crippen MR) is 57.8 cm³/mol. The minimum Gasteiger partial charge on any atom is -0.493 e. The Morgan fingerprint density at radius 3 is 3.00 bits per heavy atom. The van der Waals surface area contributed by atoms with E-state index in [0.717, 1.165) is 19.1 Å². The van der Waals surface area contributed by atoms with Gasteiger partial charge in [0.2, 0.25) is 0 Å². The number of carboxylic acids is 1. The van der Waals surface area contributed by atoms with Crippen LogP contribution in [-0.2, 0) is 4.74 Å². The van der Waals surface area contributed by atoms with Crippen molar-refractivity contribution < 1.29 is 23.8 Å². The molecule has 1 atom stereocenters. The Kier molecular flexibility index (Phi) is 3.58. The van der Waals surface area contributed by atoms with Gasteiger partial charge in [0.05, 0.1) is 18.8 Å².